The maximum absolute atomic E-state index is 5.68. The van der Waals surface area contributed by atoms with E-state index in [0.717, 1.165) is 31.1 Å². The summed E-state index contributed by atoms with van der Waals surface area (Å²) in [6, 6.07) is 6.37. The second-order valence-electron chi connectivity index (χ2n) is 4.91. The molecule has 1 aliphatic rings. The molecule has 0 spiro atoms. The van der Waals surface area contributed by atoms with Gasteiger partial charge in [-0.25, -0.2) is 0 Å². The lowest BCUT2D eigenvalue weighted by Gasteiger charge is -2.20. The Labute approximate surface area is 115 Å². The lowest BCUT2D eigenvalue weighted by Crippen LogP contribution is -2.36. The molecule has 4 nitrogen and oxygen atoms in total. The van der Waals surface area contributed by atoms with Crippen LogP contribution in [0.4, 0.5) is 0 Å². The van der Waals surface area contributed by atoms with Crippen LogP contribution >= 0.6 is 0 Å². The van der Waals surface area contributed by atoms with Gasteiger partial charge in [0.15, 0.2) is 11.5 Å². The van der Waals surface area contributed by atoms with Crippen molar-refractivity contribution in [3.8, 4) is 11.5 Å². The zero-order valence-electron chi connectivity index (χ0n) is 11.9. The quantitative estimate of drug-likeness (QED) is 0.857. The molecule has 0 aromatic heterocycles. The first-order chi connectivity index (χ1) is 9.24. The van der Waals surface area contributed by atoms with Gasteiger partial charge in [0.25, 0.3) is 0 Å². The maximum atomic E-state index is 5.68. The van der Waals surface area contributed by atoms with Crippen LogP contribution in [0.5, 0.6) is 11.5 Å². The summed E-state index contributed by atoms with van der Waals surface area (Å²) in [6.07, 6.45) is 2.67. The first-order valence-corrected chi connectivity index (χ1v) is 6.80. The van der Waals surface area contributed by atoms with Crippen molar-refractivity contribution in [2.45, 2.75) is 38.5 Å². The second kappa shape index (κ2) is 6.78. The molecular formula is C15H23NO3. The highest BCUT2D eigenvalue weighted by Gasteiger charge is 2.21. The Morgan fingerprint density at radius 2 is 2.11 bits per heavy atom. The van der Waals surface area contributed by atoms with E-state index in [1.54, 1.807) is 14.2 Å². The van der Waals surface area contributed by atoms with Crippen LogP contribution in [0.1, 0.15) is 25.3 Å². The van der Waals surface area contributed by atoms with Gasteiger partial charge in [-0.1, -0.05) is 6.07 Å². The molecule has 0 saturated carbocycles. The van der Waals surface area contributed by atoms with Gasteiger partial charge in [-0.2, -0.15) is 0 Å². The summed E-state index contributed by atoms with van der Waals surface area (Å²) < 4.78 is 16.2. The second-order valence-corrected chi connectivity index (χ2v) is 4.91. The van der Waals surface area contributed by atoms with Gasteiger partial charge in [0.2, 0.25) is 0 Å². The highest BCUT2D eigenvalue weighted by Crippen LogP contribution is 2.27. The Hall–Kier alpha value is -1.26. The number of ether oxygens (including phenoxy) is 3. The zero-order valence-corrected chi connectivity index (χ0v) is 11.9. The van der Waals surface area contributed by atoms with Gasteiger partial charge in [0.05, 0.1) is 20.3 Å². The van der Waals surface area contributed by atoms with Crippen molar-refractivity contribution in [3.05, 3.63) is 23.8 Å². The van der Waals surface area contributed by atoms with Gasteiger partial charge in [-0.05, 0) is 37.5 Å². The number of rotatable bonds is 6. The maximum Gasteiger partial charge on any atom is 0.161 e. The summed E-state index contributed by atoms with van der Waals surface area (Å²) in [5.74, 6) is 1.53. The number of hydrogen-bond acceptors (Lipinski definition) is 4. The number of hydrogen-bond donors (Lipinski definition) is 1. The molecule has 1 N–H and O–H groups in total. The fourth-order valence-corrected chi connectivity index (χ4v) is 2.40. The third-order valence-corrected chi connectivity index (χ3v) is 3.60. The molecule has 19 heavy (non-hydrogen) atoms. The Balaban J connectivity index is 1.91. The lowest BCUT2D eigenvalue weighted by atomic mass is 10.1. The molecule has 1 heterocycles. The van der Waals surface area contributed by atoms with Crippen LogP contribution in [0.15, 0.2) is 18.2 Å². The van der Waals surface area contributed by atoms with E-state index in [9.17, 15) is 0 Å². The van der Waals surface area contributed by atoms with E-state index in [0.29, 0.717) is 12.1 Å². The van der Waals surface area contributed by atoms with Crippen molar-refractivity contribution >= 4 is 0 Å². The monoisotopic (exact) mass is 265 g/mol. The van der Waals surface area contributed by atoms with Crippen LogP contribution in [0.3, 0.4) is 0 Å². The number of nitrogens with one attached hydrogen (secondary N) is 1. The van der Waals surface area contributed by atoms with Crippen molar-refractivity contribution in [2.24, 2.45) is 0 Å². The molecule has 1 aromatic rings. The zero-order chi connectivity index (χ0) is 13.7. The standard InChI is InChI=1S/C15H23NO3/c1-11(13-5-4-8-19-13)16-10-12-6-7-14(17-2)15(9-12)18-3/h6-7,9,11,13,16H,4-5,8,10H2,1-3H3/t11-,13+/m0/s1. The van der Waals surface area contributed by atoms with Crippen LogP contribution in [-0.2, 0) is 11.3 Å². The molecule has 2 rings (SSSR count). The first kappa shape index (κ1) is 14.2. The van der Waals surface area contributed by atoms with Gasteiger partial charge < -0.3 is 19.5 Å². The Morgan fingerprint density at radius 3 is 2.74 bits per heavy atom. The normalized spacial score (nSPS) is 20.3. The van der Waals surface area contributed by atoms with Crippen molar-refractivity contribution in [1.29, 1.82) is 0 Å². The molecule has 1 aromatic carbocycles. The number of benzene rings is 1. The average molecular weight is 265 g/mol. The van der Waals surface area contributed by atoms with Crippen LogP contribution < -0.4 is 14.8 Å². The van der Waals surface area contributed by atoms with E-state index in [1.165, 1.54) is 12.0 Å². The van der Waals surface area contributed by atoms with Gasteiger partial charge >= 0.3 is 0 Å². The molecule has 0 radical (unpaired) electrons. The molecule has 2 atom stereocenters. The van der Waals surface area contributed by atoms with Crippen LogP contribution in [0.2, 0.25) is 0 Å². The molecule has 4 heteroatoms. The Bertz CT molecular complexity index is 402. The molecule has 0 unspecified atom stereocenters. The molecule has 1 fully saturated rings. The molecule has 1 aliphatic heterocycles. The van der Waals surface area contributed by atoms with E-state index in [-0.39, 0.29) is 0 Å². The Morgan fingerprint density at radius 1 is 1.32 bits per heavy atom. The molecule has 0 bridgehead atoms. The predicted molar refractivity (Wildman–Crippen MR) is 74.8 cm³/mol. The van der Waals surface area contributed by atoms with Crippen LogP contribution in [0, 0.1) is 0 Å². The minimum absolute atomic E-state index is 0.347. The van der Waals surface area contributed by atoms with Gasteiger partial charge in [0, 0.05) is 19.2 Å². The fraction of sp³-hybridized carbons (Fsp3) is 0.600. The summed E-state index contributed by atoms with van der Waals surface area (Å²) in [7, 11) is 3.30. The highest BCUT2D eigenvalue weighted by molar-refractivity contribution is 5.42. The van der Waals surface area contributed by atoms with E-state index in [1.807, 2.05) is 12.1 Å². The SMILES string of the molecule is COc1ccc(CN[C@@H](C)[C@H]2CCCO2)cc1OC. The van der Waals surface area contributed by atoms with E-state index >= 15 is 0 Å². The molecule has 0 amide bonds. The average Bonchev–Trinajstić information content (AvgIpc) is 2.98. The van der Waals surface area contributed by atoms with E-state index in [2.05, 4.69) is 18.3 Å². The van der Waals surface area contributed by atoms with Crippen molar-refractivity contribution in [1.82, 2.24) is 5.32 Å². The van der Waals surface area contributed by atoms with Crippen molar-refractivity contribution in [2.75, 3.05) is 20.8 Å². The van der Waals surface area contributed by atoms with Gasteiger partial charge in [-0.3, -0.25) is 0 Å². The summed E-state index contributed by atoms with van der Waals surface area (Å²) in [6.45, 7) is 3.88. The fourth-order valence-electron chi connectivity index (χ4n) is 2.40. The third-order valence-electron chi connectivity index (χ3n) is 3.60. The summed E-state index contributed by atoms with van der Waals surface area (Å²) in [5, 5.41) is 3.51. The largest absolute Gasteiger partial charge is 0.493 e. The number of methoxy groups -OCH3 is 2. The van der Waals surface area contributed by atoms with E-state index in [4.69, 9.17) is 14.2 Å². The molecule has 0 aliphatic carbocycles. The smallest absolute Gasteiger partial charge is 0.161 e. The van der Waals surface area contributed by atoms with E-state index < -0.39 is 0 Å². The van der Waals surface area contributed by atoms with Gasteiger partial charge in [-0.15, -0.1) is 0 Å². The predicted octanol–water partition coefficient (Wildman–Crippen LogP) is 2.36. The Kier molecular flexibility index (Phi) is 5.05. The first-order valence-electron chi connectivity index (χ1n) is 6.80. The summed E-state index contributed by atoms with van der Waals surface area (Å²) in [5.41, 5.74) is 1.18. The summed E-state index contributed by atoms with van der Waals surface area (Å²) in [4.78, 5) is 0. The van der Waals surface area contributed by atoms with Crippen LogP contribution in [-0.4, -0.2) is 33.0 Å². The summed E-state index contributed by atoms with van der Waals surface area (Å²) >= 11 is 0. The molecular weight excluding hydrogens is 242 g/mol. The molecule has 106 valence electrons. The van der Waals surface area contributed by atoms with Crippen molar-refractivity contribution < 1.29 is 14.2 Å². The third kappa shape index (κ3) is 3.61. The minimum Gasteiger partial charge on any atom is -0.493 e. The lowest BCUT2D eigenvalue weighted by molar-refractivity contribution is 0.0832. The van der Waals surface area contributed by atoms with Gasteiger partial charge in [0.1, 0.15) is 0 Å². The highest BCUT2D eigenvalue weighted by atomic mass is 16.5. The van der Waals surface area contributed by atoms with Crippen LogP contribution in [0.25, 0.3) is 0 Å². The minimum atomic E-state index is 0.347. The van der Waals surface area contributed by atoms with Crippen molar-refractivity contribution in [3.63, 3.8) is 0 Å². The molecule has 1 saturated heterocycles. The topological polar surface area (TPSA) is 39.7 Å².